The van der Waals surface area contributed by atoms with Gasteiger partial charge in [0.15, 0.2) is 5.96 Å². The monoisotopic (exact) mass is 450 g/mol. The average molecular weight is 450 g/mol. The number of nitrogens with zero attached hydrogens (tertiary/aromatic N) is 2. The van der Waals surface area contributed by atoms with Crippen molar-refractivity contribution < 1.29 is 0 Å². The molecule has 0 aromatic rings. The maximum absolute atomic E-state index is 4.37. The van der Waals surface area contributed by atoms with Crippen LogP contribution in [0.3, 0.4) is 0 Å². The van der Waals surface area contributed by atoms with Crippen molar-refractivity contribution in [3.05, 3.63) is 0 Å². The van der Waals surface area contributed by atoms with E-state index in [4.69, 9.17) is 0 Å². The number of hydrogen-bond acceptors (Lipinski definition) is 2. The van der Waals surface area contributed by atoms with Crippen LogP contribution in [0.15, 0.2) is 4.99 Å². The molecule has 2 atom stereocenters. The summed E-state index contributed by atoms with van der Waals surface area (Å²) in [5, 5.41) is 7.01. The zero-order valence-corrected chi connectivity index (χ0v) is 18.4. The molecule has 1 heterocycles. The van der Waals surface area contributed by atoms with Crippen LogP contribution < -0.4 is 10.6 Å². The molecule has 0 bridgehead atoms. The van der Waals surface area contributed by atoms with Gasteiger partial charge in [0, 0.05) is 20.1 Å². The van der Waals surface area contributed by atoms with Gasteiger partial charge < -0.3 is 15.5 Å². The molecule has 0 amide bonds. The van der Waals surface area contributed by atoms with Crippen molar-refractivity contribution in [2.24, 2.45) is 22.7 Å². The van der Waals surface area contributed by atoms with E-state index in [0.29, 0.717) is 0 Å². The second-order valence-corrected chi connectivity index (χ2v) is 7.89. The summed E-state index contributed by atoms with van der Waals surface area (Å²) in [7, 11) is 4.11. The van der Waals surface area contributed by atoms with Gasteiger partial charge in [0.1, 0.15) is 0 Å². The van der Waals surface area contributed by atoms with Gasteiger partial charge in [0.05, 0.1) is 0 Å². The van der Waals surface area contributed by atoms with Crippen molar-refractivity contribution in [1.82, 2.24) is 15.5 Å². The van der Waals surface area contributed by atoms with Crippen LogP contribution >= 0.6 is 24.0 Å². The SMILES string of the molecule is CN=C(NCCC1CCN(C)CC1)NCCC1CCCC(C)C1.I. The Morgan fingerprint density at radius 3 is 2.21 bits per heavy atom. The van der Waals surface area contributed by atoms with Gasteiger partial charge in [-0.15, -0.1) is 24.0 Å². The molecule has 0 radical (unpaired) electrons. The van der Waals surface area contributed by atoms with Crippen LogP contribution in [-0.4, -0.2) is 51.1 Å². The molecule has 2 rings (SSSR count). The van der Waals surface area contributed by atoms with Crippen LogP contribution in [0.2, 0.25) is 0 Å². The highest BCUT2D eigenvalue weighted by Gasteiger charge is 2.18. The van der Waals surface area contributed by atoms with Gasteiger partial charge in [-0.05, 0) is 70.0 Å². The predicted molar refractivity (Wildman–Crippen MR) is 115 cm³/mol. The number of guanidine groups is 1. The van der Waals surface area contributed by atoms with Crippen molar-refractivity contribution in [1.29, 1.82) is 0 Å². The summed E-state index contributed by atoms with van der Waals surface area (Å²) in [6.45, 7) is 7.04. The highest BCUT2D eigenvalue weighted by molar-refractivity contribution is 14.0. The predicted octanol–water partition coefficient (Wildman–Crippen LogP) is 3.72. The van der Waals surface area contributed by atoms with Crippen molar-refractivity contribution in [3.63, 3.8) is 0 Å². The fourth-order valence-electron chi connectivity index (χ4n) is 4.18. The summed E-state index contributed by atoms with van der Waals surface area (Å²) in [5.74, 6) is 3.73. The summed E-state index contributed by atoms with van der Waals surface area (Å²) >= 11 is 0. The molecule has 1 saturated carbocycles. The normalized spacial score (nSPS) is 26.7. The van der Waals surface area contributed by atoms with Crippen LogP contribution in [-0.2, 0) is 0 Å². The molecule has 0 spiro atoms. The molecule has 1 saturated heterocycles. The number of aliphatic imine (C=N–C) groups is 1. The molecule has 2 N–H and O–H groups in total. The van der Waals surface area contributed by atoms with Gasteiger partial charge in [0.25, 0.3) is 0 Å². The molecule has 5 heteroatoms. The van der Waals surface area contributed by atoms with Gasteiger partial charge in [0.2, 0.25) is 0 Å². The largest absolute Gasteiger partial charge is 0.356 e. The molecule has 4 nitrogen and oxygen atoms in total. The lowest BCUT2D eigenvalue weighted by Gasteiger charge is -2.29. The number of hydrogen-bond donors (Lipinski definition) is 2. The van der Waals surface area contributed by atoms with Crippen LogP contribution in [0.5, 0.6) is 0 Å². The van der Waals surface area contributed by atoms with Crippen molar-refractivity contribution in [2.75, 3.05) is 40.3 Å². The minimum Gasteiger partial charge on any atom is -0.356 e. The van der Waals surface area contributed by atoms with Gasteiger partial charge in [-0.3, -0.25) is 4.99 Å². The molecule has 1 aliphatic carbocycles. The Hall–Kier alpha value is -0.0400. The standard InChI is InChI=1S/C19H38N4.HI/c1-16-5-4-6-18(15-16)8-12-22-19(20-2)21-11-7-17-9-13-23(3)14-10-17;/h16-18H,4-15H2,1-3H3,(H2,20,21,22);1H. The van der Waals surface area contributed by atoms with Crippen LogP contribution in [0.1, 0.15) is 58.3 Å². The molecule has 0 aromatic carbocycles. The highest BCUT2D eigenvalue weighted by Crippen LogP contribution is 2.30. The zero-order chi connectivity index (χ0) is 16.5. The van der Waals surface area contributed by atoms with Crippen LogP contribution in [0.25, 0.3) is 0 Å². The van der Waals surface area contributed by atoms with Crippen LogP contribution in [0, 0.1) is 17.8 Å². The third-order valence-electron chi connectivity index (χ3n) is 5.80. The minimum absolute atomic E-state index is 0. The molecular weight excluding hydrogens is 411 g/mol. The third-order valence-corrected chi connectivity index (χ3v) is 5.80. The fourth-order valence-corrected chi connectivity index (χ4v) is 4.18. The van der Waals surface area contributed by atoms with E-state index in [-0.39, 0.29) is 24.0 Å². The Kier molecular flexibility index (Phi) is 11.3. The summed E-state index contributed by atoms with van der Waals surface area (Å²) in [6, 6.07) is 0. The number of likely N-dealkylation sites (tertiary alicyclic amines) is 1. The molecule has 1 aliphatic heterocycles. The molecule has 2 fully saturated rings. The lowest BCUT2D eigenvalue weighted by molar-refractivity contribution is 0.213. The molecule has 2 unspecified atom stereocenters. The topological polar surface area (TPSA) is 39.7 Å². The molecular formula is C19H39IN4. The highest BCUT2D eigenvalue weighted by atomic mass is 127. The van der Waals surface area contributed by atoms with E-state index in [2.05, 4.69) is 34.5 Å². The van der Waals surface area contributed by atoms with Crippen molar-refractivity contribution in [3.8, 4) is 0 Å². The lowest BCUT2D eigenvalue weighted by Crippen LogP contribution is -2.40. The van der Waals surface area contributed by atoms with Gasteiger partial charge >= 0.3 is 0 Å². The summed E-state index contributed by atoms with van der Waals surface area (Å²) in [4.78, 5) is 6.81. The molecule has 142 valence electrons. The Morgan fingerprint density at radius 1 is 1.00 bits per heavy atom. The number of piperidine rings is 1. The maximum Gasteiger partial charge on any atom is 0.190 e. The lowest BCUT2D eigenvalue weighted by atomic mass is 9.81. The second-order valence-electron chi connectivity index (χ2n) is 7.89. The van der Waals surface area contributed by atoms with E-state index in [9.17, 15) is 0 Å². The molecule has 0 aromatic heterocycles. The average Bonchev–Trinajstić information content (AvgIpc) is 2.55. The van der Waals surface area contributed by atoms with E-state index in [0.717, 1.165) is 36.8 Å². The van der Waals surface area contributed by atoms with Gasteiger partial charge in [-0.25, -0.2) is 0 Å². The van der Waals surface area contributed by atoms with E-state index in [1.54, 1.807) is 0 Å². The molecule has 24 heavy (non-hydrogen) atoms. The maximum atomic E-state index is 4.37. The van der Waals surface area contributed by atoms with E-state index in [1.165, 1.54) is 64.5 Å². The zero-order valence-electron chi connectivity index (χ0n) is 16.0. The van der Waals surface area contributed by atoms with Crippen molar-refractivity contribution in [2.45, 2.75) is 58.3 Å². The van der Waals surface area contributed by atoms with E-state index >= 15 is 0 Å². The fraction of sp³-hybridized carbons (Fsp3) is 0.947. The first-order valence-corrected chi connectivity index (χ1v) is 9.80. The van der Waals surface area contributed by atoms with Gasteiger partial charge in [-0.2, -0.15) is 0 Å². The summed E-state index contributed by atoms with van der Waals surface area (Å²) < 4.78 is 0. The first kappa shape index (κ1) is 22.0. The number of rotatable bonds is 6. The van der Waals surface area contributed by atoms with E-state index < -0.39 is 0 Å². The second kappa shape index (κ2) is 12.3. The Bertz CT molecular complexity index is 353. The summed E-state index contributed by atoms with van der Waals surface area (Å²) in [6.07, 6.45) is 11.0. The smallest absolute Gasteiger partial charge is 0.190 e. The van der Waals surface area contributed by atoms with Gasteiger partial charge in [-0.1, -0.05) is 26.2 Å². The van der Waals surface area contributed by atoms with E-state index in [1.807, 2.05) is 7.05 Å². The first-order chi connectivity index (χ1) is 11.2. The molecule has 2 aliphatic rings. The number of halogens is 1. The van der Waals surface area contributed by atoms with Crippen LogP contribution in [0.4, 0.5) is 0 Å². The third kappa shape index (κ3) is 8.37. The summed E-state index contributed by atoms with van der Waals surface area (Å²) in [5.41, 5.74) is 0. The first-order valence-electron chi connectivity index (χ1n) is 9.80. The Morgan fingerprint density at radius 2 is 1.62 bits per heavy atom. The minimum atomic E-state index is 0. The Balaban J connectivity index is 0.00000288. The van der Waals surface area contributed by atoms with Crippen molar-refractivity contribution >= 4 is 29.9 Å². The number of nitrogens with one attached hydrogen (secondary N) is 2. The quantitative estimate of drug-likeness (QED) is 0.368. The Labute approximate surface area is 166 Å².